The van der Waals surface area contributed by atoms with Crippen LogP contribution in [0.1, 0.15) is 11.1 Å². The van der Waals surface area contributed by atoms with Gasteiger partial charge in [0.2, 0.25) is 0 Å². The quantitative estimate of drug-likeness (QED) is 0.842. The van der Waals surface area contributed by atoms with Gasteiger partial charge in [0.25, 0.3) is 0 Å². The molecule has 0 spiro atoms. The normalized spacial score (nSPS) is 10.5. The van der Waals surface area contributed by atoms with Gasteiger partial charge in [0.05, 0.1) is 8.95 Å². The highest BCUT2D eigenvalue weighted by Crippen LogP contribution is 2.27. The molecule has 0 aliphatic rings. The van der Waals surface area contributed by atoms with Crippen molar-refractivity contribution < 1.29 is 9.13 Å². The Kier molecular flexibility index (Phi) is 4.96. The first-order valence-corrected chi connectivity index (χ1v) is 7.24. The van der Waals surface area contributed by atoms with Crippen molar-refractivity contribution in [2.45, 2.75) is 13.2 Å². The van der Waals surface area contributed by atoms with Crippen molar-refractivity contribution in [2.24, 2.45) is 5.73 Å². The Morgan fingerprint density at radius 2 is 1.68 bits per heavy atom. The van der Waals surface area contributed by atoms with Gasteiger partial charge < -0.3 is 10.5 Å². The molecular weight excluding hydrogens is 377 g/mol. The topological polar surface area (TPSA) is 35.2 Å². The summed E-state index contributed by atoms with van der Waals surface area (Å²) in [6, 6.07) is 10.5. The van der Waals surface area contributed by atoms with E-state index >= 15 is 0 Å². The van der Waals surface area contributed by atoms with Crippen molar-refractivity contribution >= 4 is 31.9 Å². The van der Waals surface area contributed by atoms with Gasteiger partial charge in [-0.1, -0.05) is 12.1 Å². The summed E-state index contributed by atoms with van der Waals surface area (Å²) in [6.07, 6.45) is 0. The lowest BCUT2D eigenvalue weighted by molar-refractivity contribution is 0.304. The Morgan fingerprint density at radius 3 is 2.32 bits per heavy atom. The molecule has 19 heavy (non-hydrogen) atoms. The van der Waals surface area contributed by atoms with Gasteiger partial charge in [-0.05, 0) is 67.3 Å². The number of ether oxygens (including phenoxy) is 1. The van der Waals surface area contributed by atoms with Gasteiger partial charge in [0.15, 0.2) is 0 Å². The second kappa shape index (κ2) is 6.50. The zero-order valence-corrected chi connectivity index (χ0v) is 13.2. The second-order valence-electron chi connectivity index (χ2n) is 4.01. The minimum absolute atomic E-state index is 0.280. The zero-order chi connectivity index (χ0) is 13.8. The van der Waals surface area contributed by atoms with Crippen LogP contribution in [0.15, 0.2) is 45.3 Å². The van der Waals surface area contributed by atoms with Gasteiger partial charge >= 0.3 is 0 Å². The summed E-state index contributed by atoms with van der Waals surface area (Å²) in [5.41, 5.74) is 7.49. The fourth-order valence-corrected chi connectivity index (χ4v) is 2.55. The number of benzene rings is 2. The van der Waals surface area contributed by atoms with Crippen molar-refractivity contribution in [3.8, 4) is 5.75 Å². The number of halogens is 3. The first-order valence-electron chi connectivity index (χ1n) is 5.65. The predicted molar refractivity (Wildman–Crippen MR) is 80.5 cm³/mol. The van der Waals surface area contributed by atoms with Gasteiger partial charge in [-0.25, -0.2) is 4.39 Å². The third-order valence-electron chi connectivity index (χ3n) is 2.61. The van der Waals surface area contributed by atoms with E-state index in [0.29, 0.717) is 17.6 Å². The minimum Gasteiger partial charge on any atom is -0.488 e. The SMILES string of the molecule is NCc1ccc(OCc2ccc(F)c(Br)c2)c(Br)c1. The van der Waals surface area contributed by atoms with E-state index in [1.54, 1.807) is 12.1 Å². The summed E-state index contributed by atoms with van der Waals surface area (Å²) in [6.45, 7) is 0.864. The summed E-state index contributed by atoms with van der Waals surface area (Å²) >= 11 is 6.59. The van der Waals surface area contributed by atoms with Crippen LogP contribution in [0.2, 0.25) is 0 Å². The number of nitrogens with two attached hydrogens (primary N) is 1. The molecule has 0 atom stereocenters. The summed E-state index contributed by atoms with van der Waals surface area (Å²) in [7, 11) is 0. The molecule has 2 aromatic rings. The molecular formula is C14H12Br2FNO. The first-order chi connectivity index (χ1) is 9.10. The highest BCUT2D eigenvalue weighted by molar-refractivity contribution is 9.10. The number of hydrogen-bond donors (Lipinski definition) is 1. The number of hydrogen-bond acceptors (Lipinski definition) is 2. The van der Waals surface area contributed by atoms with Crippen molar-refractivity contribution in [1.82, 2.24) is 0 Å². The van der Waals surface area contributed by atoms with E-state index in [-0.39, 0.29) is 5.82 Å². The molecule has 2 N–H and O–H groups in total. The van der Waals surface area contributed by atoms with E-state index in [2.05, 4.69) is 31.9 Å². The van der Waals surface area contributed by atoms with Gasteiger partial charge in [-0.3, -0.25) is 0 Å². The largest absolute Gasteiger partial charge is 0.488 e. The Hall–Kier alpha value is -0.910. The summed E-state index contributed by atoms with van der Waals surface area (Å²) < 4.78 is 20.1. The van der Waals surface area contributed by atoms with Crippen LogP contribution in [0, 0.1) is 5.82 Å². The van der Waals surface area contributed by atoms with Crippen molar-refractivity contribution in [3.05, 3.63) is 62.3 Å². The molecule has 0 fully saturated rings. The van der Waals surface area contributed by atoms with Crippen LogP contribution in [0.4, 0.5) is 4.39 Å². The highest BCUT2D eigenvalue weighted by atomic mass is 79.9. The third-order valence-corrected chi connectivity index (χ3v) is 3.84. The lowest BCUT2D eigenvalue weighted by Gasteiger charge is -2.10. The monoisotopic (exact) mass is 387 g/mol. The van der Waals surface area contributed by atoms with Crippen LogP contribution in [0.5, 0.6) is 5.75 Å². The maximum absolute atomic E-state index is 13.1. The highest BCUT2D eigenvalue weighted by Gasteiger charge is 2.04. The lowest BCUT2D eigenvalue weighted by atomic mass is 10.2. The maximum atomic E-state index is 13.1. The van der Waals surface area contributed by atoms with Crippen molar-refractivity contribution in [2.75, 3.05) is 0 Å². The molecule has 0 aromatic heterocycles. The van der Waals surface area contributed by atoms with Gasteiger partial charge in [-0.2, -0.15) is 0 Å². The molecule has 100 valence electrons. The lowest BCUT2D eigenvalue weighted by Crippen LogP contribution is -1.99. The first kappa shape index (κ1) is 14.5. The average molecular weight is 389 g/mol. The molecule has 0 amide bonds. The molecule has 2 aromatic carbocycles. The van der Waals surface area contributed by atoms with E-state index in [1.807, 2.05) is 18.2 Å². The molecule has 0 saturated heterocycles. The minimum atomic E-state index is -0.280. The fraction of sp³-hybridized carbons (Fsp3) is 0.143. The Balaban J connectivity index is 2.07. The van der Waals surface area contributed by atoms with Crippen LogP contribution in [0.3, 0.4) is 0 Å². The summed E-state index contributed by atoms with van der Waals surface area (Å²) in [5, 5.41) is 0. The van der Waals surface area contributed by atoms with Crippen LogP contribution in [-0.2, 0) is 13.2 Å². The van der Waals surface area contributed by atoms with Crippen molar-refractivity contribution in [1.29, 1.82) is 0 Å². The molecule has 0 unspecified atom stereocenters. The molecule has 5 heteroatoms. The van der Waals surface area contributed by atoms with Crippen LogP contribution >= 0.6 is 31.9 Å². The molecule has 0 heterocycles. The van der Waals surface area contributed by atoms with Crippen molar-refractivity contribution in [3.63, 3.8) is 0 Å². The van der Waals surface area contributed by atoms with E-state index in [0.717, 1.165) is 21.3 Å². The van der Waals surface area contributed by atoms with Crippen LogP contribution < -0.4 is 10.5 Å². The predicted octanol–water partition coefficient (Wildman–Crippen LogP) is 4.39. The van der Waals surface area contributed by atoms with Gasteiger partial charge in [0.1, 0.15) is 18.2 Å². The molecule has 2 rings (SSSR count). The Bertz CT molecular complexity index is 590. The third kappa shape index (κ3) is 3.78. The summed E-state index contributed by atoms with van der Waals surface area (Å²) in [5.74, 6) is 0.454. The molecule has 2 nitrogen and oxygen atoms in total. The molecule has 0 radical (unpaired) electrons. The van der Waals surface area contributed by atoms with Gasteiger partial charge in [0, 0.05) is 6.54 Å². The van der Waals surface area contributed by atoms with E-state index in [1.165, 1.54) is 6.07 Å². The second-order valence-corrected chi connectivity index (χ2v) is 5.71. The Morgan fingerprint density at radius 1 is 1.00 bits per heavy atom. The molecule has 0 aliphatic heterocycles. The van der Waals surface area contributed by atoms with E-state index < -0.39 is 0 Å². The summed E-state index contributed by atoms with van der Waals surface area (Å²) in [4.78, 5) is 0. The van der Waals surface area contributed by atoms with Crippen LogP contribution in [0.25, 0.3) is 0 Å². The van der Waals surface area contributed by atoms with E-state index in [9.17, 15) is 4.39 Å². The zero-order valence-electron chi connectivity index (χ0n) is 10.00. The maximum Gasteiger partial charge on any atom is 0.137 e. The molecule has 0 saturated carbocycles. The average Bonchev–Trinajstić information content (AvgIpc) is 2.41. The van der Waals surface area contributed by atoms with E-state index in [4.69, 9.17) is 10.5 Å². The van der Waals surface area contributed by atoms with Crippen LogP contribution in [-0.4, -0.2) is 0 Å². The smallest absolute Gasteiger partial charge is 0.137 e. The fourth-order valence-electron chi connectivity index (χ4n) is 1.58. The van der Waals surface area contributed by atoms with Gasteiger partial charge in [-0.15, -0.1) is 0 Å². The standard InChI is InChI=1S/C14H12Br2FNO/c15-11-6-10(1-3-13(11)17)8-19-14-4-2-9(7-18)5-12(14)16/h1-6H,7-8,18H2. The molecule has 0 aliphatic carbocycles. The Labute approximate surface area is 128 Å². The molecule has 0 bridgehead atoms. The number of rotatable bonds is 4.